The van der Waals surface area contributed by atoms with Crippen LogP contribution in [0.15, 0.2) is 44.2 Å². The molecule has 1 amide bonds. The van der Waals surface area contributed by atoms with Gasteiger partial charge in [-0.1, -0.05) is 12.1 Å². The standard InChI is InChI=1S/C12H11N7O/c13-10(20)7-3-1-2-4-8(7)18-12(14)17-5-9-11(19-12)16-6-15-9/h1-6,18H,14H2,(H2,13,20). The molecule has 5 N–H and O–H groups in total. The fourth-order valence-electron chi connectivity index (χ4n) is 1.86. The minimum atomic E-state index is -1.44. The molecular formula is C12H11N7O. The molecule has 8 nitrogen and oxygen atoms in total. The SMILES string of the molecule is NC(=O)c1ccccc1NC1(N)N=CC2=NC=NC2=N1. The van der Waals surface area contributed by atoms with E-state index in [1.807, 2.05) is 0 Å². The van der Waals surface area contributed by atoms with Crippen molar-refractivity contribution in [1.82, 2.24) is 0 Å². The number of nitrogens with two attached hydrogens (primary N) is 2. The number of aliphatic imine (C=N–C) groups is 4. The van der Waals surface area contributed by atoms with Crippen LogP contribution in [0.3, 0.4) is 0 Å². The minimum absolute atomic E-state index is 0.308. The van der Waals surface area contributed by atoms with Crippen LogP contribution >= 0.6 is 0 Å². The Kier molecular flexibility index (Phi) is 2.65. The van der Waals surface area contributed by atoms with Gasteiger partial charge in [0.05, 0.1) is 17.5 Å². The van der Waals surface area contributed by atoms with Crippen molar-refractivity contribution in [2.45, 2.75) is 5.91 Å². The average molecular weight is 269 g/mol. The summed E-state index contributed by atoms with van der Waals surface area (Å²) in [4.78, 5) is 27.6. The van der Waals surface area contributed by atoms with Crippen molar-refractivity contribution in [3.8, 4) is 0 Å². The van der Waals surface area contributed by atoms with E-state index >= 15 is 0 Å². The first-order valence-corrected chi connectivity index (χ1v) is 5.79. The molecule has 1 aromatic carbocycles. The number of para-hydroxylation sites is 1. The van der Waals surface area contributed by atoms with E-state index < -0.39 is 11.8 Å². The molecule has 20 heavy (non-hydrogen) atoms. The molecule has 0 spiro atoms. The van der Waals surface area contributed by atoms with Gasteiger partial charge in [0.1, 0.15) is 12.1 Å². The fourth-order valence-corrected chi connectivity index (χ4v) is 1.86. The molecule has 1 aromatic rings. The first-order chi connectivity index (χ1) is 9.57. The van der Waals surface area contributed by atoms with Gasteiger partial charge in [0, 0.05) is 0 Å². The lowest BCUT2D eigenvalue weighted by Crippen LogP contribution is -2.48. The summed E-state index contributed by atoms with van der Waals surface area (Å²) in [7, 11) is 0. The molecule has 2 heterocycles. The Balaban J connectivity index is 1.94. The maximum absolute atomic E-state index is 11.4. The molecule has 0 bridgehead atoms. The molecule has 2 aliphatic rings. The van der Waals surface area contributed by atoms with Crippen molar-refractivity contribution in [2.75, 3.05) is 5.32 Å². The summed E-state index contributed by atoms with van der Waals surface area (Å²) in [6, 6.07) is 6.72. The zero-order valence-electron chi connectivity index (χ0n) is 10.3. The number of carbonyl (C=O) groups excluding carboxylic acids is 1. The quantitative estimate of drug-likeness (QED) is 0.653. The van der Waals surface area contributed by atoms with Crippen LogP contribution in [0.1, 0.15) is 10.4 Å². The highest BCUT2D eigenvalue weighted by Crippen LogP contribution is 2.21. The van der Waals surface area contributed by atoms with Crippen LogP contribution in [0.5, 0.6) is 0 Å². The summed E-state index contributed by atoms with van der Waals surface area (Å²) in [5.74, 6) is -1.61. The maximum Gasteiger partial charge on any atom is 0.285 e. The van der Waals surface area contributed by atoms with Gasteiger partial charge in [-0.05, 0) is 12.1 Å². The van der Waals surface area contributed by atoms with Crippen LogP contribution in [0.25, 0.3) is 0 Å². The number of carbonyl (C=O) groups is 1. The van der Waals surface area contributed by atoms with E-state index in [0.717, 1.165) is 0 Å². The number of nitrogens with one attached hydrogen (secondary N) is 1. The van der Waals surface area contributed by atoms with Crippen molar-refractivity contribution in [3.05, 3.63) is 29.8 Å². The van der Waals surface area contributed by atoms with E-state index in [9.17, 15) is 4.79 Å². The highest BCUT2D eigenvalue weighted by molar-refractivity contribution is 6.65. The molecule has 3 rings (SSSR count). The Hall–Kier alpha value is -2.87. The predicted octanol–water partition coefficient (Wildman–Crippen LogP) is -0.267. The fraction of sp³-hybridized carbons (Fsp3) is 0.0833. The van der Waals surface area contributed by atoms with E-state index in [4.69, 9.17) is 11.5 Å². The number of hydrogen-bond acceptors (Lipinski definition) is 7. The molecule has 0 saturated heterocycles. The van der Waals surface area contributed by atoms with Gasteiger partial charge in [-0.15, -0.1) is 0 Å². The molecule has 1 atom stereocenters. The van der Waals surface area contributed by atoms with Crippen molar-refractivity contribution in [2.24, 2.45) is 31.4 Å². The highest BCUT2D eigenvalue weighted by Gasteiger charge is 2.30. The van der Waals surface area contributed by atoms with Crippen molar-refractivity contribution < 1.29 is 4.79 Å². The molecule has 8 heteroatoms. The van der Waals surface area contributed by atoms with Gasteiger partial charge >= 0.3 is 0 Å². The lowest BCUT2D eigenvalue weighted by molar-refractivity contribution is 0.100. The van der Waals surface area contributed by atoms with Crippen LogP contribution in [-0.4, -0.2) is 35.9 Å². The maximum atomic E-state index is 11.4. The van der Waals surface area contributed by atoms with Gasteiger partial charge in [0.2, 0.25) is 0 Å². The van der Waals surface area contributed by atoms with Gasteiger partial charge in [-0.3, -0.25) is 10.5 Å². The van der Waals surface area contributed by atoms with Crippen LogP contribution < -0.4 is 16.8 Å². The van der Waals surface area contributed by atoms with Gasteiger partial charge in [-0.25, -0.2) is 15.0 Å². The second-order valence-electron chi connectivity index (χ2n) is 4.21. The largest absolute Gasteiger partial charge is 0.366 e. The molecule has 0 radical (unpaired) electrons. The number of primary amides is 1. The molecule has 0 aromatic heterocycles. The predicted molar refractivity (Wildman–Crippen MR) is 77.4 cm³/mol. The molecule has 100 valence electrons. The Morgan fingerprint density at radius 2 is 2.10 bits per heavy atom. The van der Waals surface area contributed by atoms with Crippen LogP contribution in [0, 0.1) is 0 Å². The summed E-state index contributed by atoms with van der Waals surface area (Å²) in [6.45, 7) is 0. The third-order valence-corrected chi connectivity index (χ3v) is 2.78. The van der Waals surface area contributed by atoms with Gasteiger partial charge in [-0.2, -0.15) is 4.99 Å². The number of amides is 1. The van der Waals surface area contributed by atoms with Gasteiger partial charge in [0.15, 0.2) is 5.84 Å². The number of fused-ring (bicyclic) bond motifs is 1. The zero-order valence-corrected chi connectivity index (χ0v) is 10.3. The normalized spacial score (nSPS) is 23.1. The minimum Gasteiger partial charge on any atom is -0.366 e. The second kappa shape index (κ2) is 4.35. The Morgan fingerprint density at radius 3 is 2.90 bits per heavy atom. The van der Waals surface area contributed by atoms with Crippen LogP contribution in [-0.2, 0) is 0 Å². The van der Waals surface area contributed by atoms with E-state index in [-0.39, 0.29) is 0 Å². The Morgan fingerprint density at radius 1 is 1.30 bits per heavy atom. The smallest absolute Gasteiger partial charge is 0.285 e. The summed E-state index contributed by atoms with van der Waals surface area (Å²) in [5, 5.41) is 2.88. The average Bonchev–Trinajstić information content (AvgIpc) is 2.85. The lowest BCUT2D eigenvalue weighted by Gasteiger charge is -2.26. The number of anilines is 1. The number of rotatable bonds is 3. The number of benzene rings is 1. The molecule has 2 aliphatic heterocycles. The number of hydrogen-bond donors (Lipinski definition) is 3. The summed E-state index contributed by atoms with van der Waals surface area (Å²) >= 11 is 0. The summed E-state index contributed by atoms with van der Waals surface area (Å²) < 4.78 is 0. The van der Waals surface area contributed by atoms with Gasteiger partial charge < -0.3 is 11.1 Å². The Bertz CT molecular complexity index is 704. The van der Waals surface area contributed by atoms with Crippen LogP contribution in [0.4, 0.5) is 5.69 Å². The first-order valence-electron chi connectivity index (χ1n) is 5.79. The molecular weight excluding hydrogens is 258 g/mol. The van der Waals surface area contributed by atoms with Crippen molar-refractivity contribution in [1.29, 1.82) is 0 Å². The molecule has 1 unspecified atom stereocenters. The van der Waals surface area contributed by atoms with Crippen molar-refractivity contribution >= 4 is 35.7 Å². The van der Waals surface area contributed by atoms with E-state index in [1.54, 1.807) is 24.3 Å². The van der Waals surface area contributed by atoms with Crippen molar-refractivity contribution in [3.63, 3.8) is 0 Å². The third-order valence-electron chi connectivity index (χ3n) is 2.78. The van der Waals surface area contributed by atoms with E-state index in [0.29, 0.717) is 22.8 Å². The Labute approximate surface area is 114 Å². The molecule has 0 saturated carbocycles. The molecule has 0 aliphatic carbocycles. The second-order valence-corrected chi connectivity index (χ2v) is 4.21. The zero-order chi connectivity index (χ0) is 14.2. The van der Waals surface area contributed by atoms with E-state index in [2.05, 4.69) is 25.3 Å². The topological polar surface area (TPSA) is 131 Å². The summed E-state index contributed by atoms with van der Waals surface area (Å²) in [5.41, 5.74) is 12.7. The number of amidine groups is 1. The van der Waals surface area contributed by atoms with Gasteiger partial charge in [0.25, 0.3) is 11.8 Å². The van der Waals surface area contributed by atoms with E-state index in [1.165, 1.54) is 12.6 Å². The number of nitrogens with zero attached hydrogens (tertiary/aromatic N) is 4. The highest BCUT2D eigenvalue weighted by atomic mass is 16.1. The van der Waals surface area contributed by atoms with Crippen LogP contribution in [0.2, 0.25) is 0 Å². The first kappa shape index (κ1) is 12.2. The third kappa shape index (κ3) is 2.08. The lowest BCUT2D eigenvalue weighted by atomic mass is 10.1. The summed E-state index contributed by atoms with van der Waals surface area (Å²) in [6.07, 6.45) is 2.86. The molecule has 0 fully saturated rings. The monoisotopic (exact) mass is 269 g/mol.